The van der Waals surface area contributed by atoms with Crippen molar-refractivity contribution >= 4 is 23.4 Å². The fourth-order valence-corrected chi connectivity index (χ4v) is 2.60. The highest BCUT2D eigenvalue weighted by atomic mass is 16.6. The molecular weight excluding hydrogens is 418 g/mol. The molecule has 0 bridgehead atoms. The largest absolute Gasteiger partial charge is 0.457 e. The highest BCUT2D eigenvalue weighted by Gasteiger charge is 2.13. The molecule has 3 aromatic rings. The van der Waals surface area contributed by atoms with Crippen molar-refractivity contribution in [1.82, 2.24) is 0 Å². The van der Waals surface area contributed by atoms with Gasteiger partial charge < -0.3 is 14.2 Å². The zero-order chi connectivity index (χ0) is 23.1. The van der Waals surface area contributed by atoms with Gasteiger partial charge in [-0.15, -0.1) is 0 Å². The second kappa shape index (κ2) is 9.98. The number of esters is 2. The van der Waals surface area contributed by atoms with E-state index in [9.17, 15) is 24.5 Å². The molecule has 0 atom stereocenters. The number of ketones is 1. The molecule has 0 aromatic heterocycles. The van der Waals surface area contributed by atoms with Crippen molar-refractivity contribution in [3.05, 3.63) is 94.0 Å². The first-order chi connectivity index (χ1) is 15.3. The lowest BCUT2D eigenvalue weighted by molar-refractivity contribution is -0.384. The third-order valence-corrected chi connectivity index (χ3v) is 4.15. The molecule has 0 aliphatic heterocycles. The van der Waals surface area contributed by atoms with Crippen LogP contribution < -0.4 is 9.47 Å². The number of hydrogen-bond donors (Lipinski definition) is 0. The molecule has 0 N–H and O–H groups in total. The molecule has 0 saturated heterocycles. The molecule has 0 aliphatic rings. The second-order valence-electron chi connectivity index (χ2n) is 6.49. The number of nitro groups is 1. The van der Waals surface area contributed by atoms with Crippen LogP contribution in [0.25, 0.3) is 0 Å². The van der Waals surface area contributed by atoms with E-state index in [1.807, 2.05) is 0 Å². The van der Waals surface area contributed by atoms with Crippen molar-refractivity contribution in [1.29, 1.82) is 0 Å². The van der Waals surface area contributed by atoms with Gasteiger partial charge in [0.2, 0.25) is 0 Å². The maximum Gasteiger partial charge on any atom is 0.338 e. The average molecular weight is 435 g/mol. The molecule has 0 heterocycles. The molecule has 3 rings (SSSR count). The summed E-state index contributed by atoms with van der Waals surface area (Å²) >= 11 is 0. The zero-order valence-corrected chi connectivity index (χ0v) is 16.8. The van der Waals surface area contributed by atoms with Crippen LogP contribution in [-0.4, -0.2) is 29.3 Å². The number of carbonyl (C=O) groups excluding carboxylic acids is 3. The van der Waals surface area contributed by atoms with Crippen molar-refractivity contribution < 1.29 is 33.5 Å². The third-order valence-electron chi connectivity index (χ3n) is 4.15. The molecule has 0 spiro atoms. The lowest BCUT2D eigenvalue weighted by atomic mass is 10.1. The van der Waals surface area contributed by atoms with Gasteiger partial charge in [0.05, 0.1) is 10.5 Å². The van der Waals surface area contributed by atoms with E-state index in [1.54, 1.807) is 0 Å². The van der Waals surface area contributed by atoms with Gasteiger partial charge in [-0.1, -0.05) is 0 Å². The van der Waals surface area contributed by atoms with E-state index in [1.165, 1.54) is 79.7 Å². The summed E-state index contributed by atoms with van der Waals surface area (Å²) in [4.78, 5) is 45.5. The Morgan fingerprint density at radius 1 is 0.781 bits per heavy atom. The number of nitrogens with zero attached hydrogens (tertiary/aromatic N) is 1. The standard InChI is InChI=1S/C23H17NO8/c1-15(25)31-19-8-2-16(3-9-19)22(26)14-30-23(27)17-4-10-20(11-5-17)32-21-12-6-18(7-13-21)24(28)29/h2-13H,14H2,1H3. The molecular formula is C23H17NO8. The first-order valence-corrected chi connectivity index (χ1v) is 9.33. The highest BCUT2D eigenvalue weighted by molar-refractivity contribution is 5.99. The maximum absolute atomic E-state index is 12.2. The Kier molecular flexibility index (Phi) is 6.92. The average Bonchev–Trinajstić information content (AvgIpc) is 2.78. The van der Waals surface area contributed by atoms with Crippen LogP contribution in [0.15, 0.2) is 72.8 Å². The number of rotatable bonds is 8. The Bertz CT molecular complexity index is 1140. The van der Waals surface area contributed by atoms with Gasteiger partial charge in [-0.05, 0) is 60.7 Å². The van der Waals surface area contributed by atoms with Crippen LogP contribution in [0.1, 0.15) is 27.6 Å². The summed E-state index contributed by atoms with van der Waals surface area (Å²) in [6.07, 6.45) is 0. The molecule has 0 radical (unpaired) electrons. The smallest absolute Gasteiger partial charge is 0.338 e. The van der Waals surface area contributed by atoms with Gasteiger partial charge in [0.15, 0.2) is 12.4 Å². The van der Waals surface area contributed by atoms with E-state index in [0.717, 1.165) is 0 Å². The van der Waals surface area contributed by atoms with Crippen LogP contribution >= 0.6 is 0 Å². The maximum atomic E-state index is 12.2. The molecule has 9 heteroatoms. The molecule has 0 unspecified atom stereocenters. The van der Waals surface area contributed by atoms with Crippen molar-refractivity contribution in [2.24, 2.45) is 0 Å². The first kappa shape index (κ1) is 22.2. The monoisotopic (exact) mass is 435 g/mol. The Hall–Kier alpha value is -4.53. The summed E-state index contributed by atoms with van der Waals surface area (Å²) in [6, 6.07) is 17.5. The number of non-ortho nitro benzene ring substituents is 1. The van der Waals surface area contributed by atoms with Crippen LogP contribution in [0.3, 0.4) is 0 Å². The number of hydrogen-bond acceptors (Lipinski definition) is 8. The van der Waals surface area contributed by atoms with Crippen LogP contribution in [0.2, 0.25) is 0 Å². The van der Waals surface area contributed by atoms with Gasteiger partial charge in [0.25, 0.3) is 5.69 Å². The highest BCUT2D eigenvalue weighted by Crippen LogP contribution is 2.24. The molecule has 0 saturated carbocycles. The van der Waals surface area contributed by atoms with E-state index >= 15 is 0 Å². The number of ether oxygens (including phenoxy) is 3. The zero-order valence-electron chi connectivity index (χ0n) is 16.8. The number of Topliss-reactive ketones (excluding diaryl/α,β-unsaturated/α-hetero) is 1. The summed E-state index contributed by atoms with van der Waals surface area (Å²) in [6.45, 7) is 0.819. The lowest BCUT2D eigenvalue weighted by Gasteiger charge is -2.08. The molecule has 32 heavy (non-hydrogen) atoms. The van der Waals surface area contributed by atoms with Gasteiger partial charge in [-0.25, -0.2) is 4.79 Å². The van der Waals surface area contributed by atoms with E-state index in [4.69, 9.17) is 14.2 Å². The van der Waals surface area contributed by atoms with Gasteiger partial charge in [-0.3, -0.25) is 19.7 Å². The quantitative estimate of drug-likeness (QED) is 0.168. The van der Waals surface area contributed by atoms with Crippen molar-refractivity contribution in [3.8, 4) is 17.2 Å². The van der Waals surface area contributed by atoms with Crippen LogP contribution in [-0.2, 0) is 9.53 Å². The molecule has 3 aromatic carbocycles. The van der Waals surface area contributed by atoms with Crippen molar-refractivity contribution in [2.45, 2.75) is 6.92 Å². The number of carbonyl (C=O) groups is 3. The van der Waals surface area contributed by atoms with Gasteiger partial charge in [0.1, 0.15) is 17.2 Å². The Morgan fingerprint density at radius 2 is 1.28 bits per heavy atom. The first-order valence-electron chi connectivity index (χ1n) is 9.33. The predicted molar refractivity (Wildman–Crippen MR) is 112 cm³/mol. The Balaban J connectivity index is 1.53. The Labute approximate surface area is 182 Å². The van der Waals surface area contributed by atoms with Crippen molar-refractivity contribution in [2.75, 3.05) is 6.61 Å². The van der Waals surface area contributed by atoms with E-state index < -0.39 is 29.3 Å². The van der Waals surface area contributed by atoms with Gasteiger partial charge >= 0.3 is 11.9 Å². The summed E-state index contributed by atoms with van der Waals surface area (Å²) in [7, 11) is 0. The fourth-order valence-electron chi connectivity index (χ4n) is 2.60. The topological polar surface area (TPSA) is 122 Å². The lowest BCUT2D eigenvalue weighted by Crippen LogP contribution is -2.14. The van der Waals surface area contributed by atoms with Crippen LogP contribution in [0.4, 0.5) is 5.69 Å². The summed E-state index contributed by atoms with van der Waals surface area (Å²) in [5.74, 6) is -0.442. The third kappa shape index (κ3) is 5.99. The summed E-state index contributed by atoms with van der Waals surface area (Å²) < 4.78 is 15.5. The van der Waals surface area contributed by atoms with Crippen molar-refractivity contribution in [3.63, 3.8) is 0 Å². The minimum Gasteiger partial charge on any atom is -0.457 e. The number of nitro benzene ring substituents is 1. The van der Waals surface area contributed by atoms with E-state index in [0.29, 0.717) is 22.8 Å². The summed E-state index contributed by atoms with van der Waals surface area (Å²) in [5.41, 5.74) is 0.477. The molecule has 0 aliphatic carbocycles. The van der Waals surface area contributed by atoms with Gasteiger partial charge in [0, 0.05) is 24.6 Å². The Morgan fingerprint density at radius 3 is 1.81 bits per heavy atom. The molecule has 0 amide bonds. The minimum atomic E-state index is -0.684. The van der Waals surface area contributed by atoms with Crippen LogP contribution in [0.5, 0.6) is 17.2 Å². The summed E-state index contributed by atoms with van der Waals surface area (Å²) in [5, 5.41) is 10.7. The molecule has 9 nitrogen and oxygen atoms in total. The SMILES string of the molecule is CC(=O)Oc1ccc(C(=O)COC(=O)c2ccc(Oc3ccc([N+](=O)[O-])cc3)cc2)cc1. The fraction of sp³-hybridized carbons (Fsp3) is 0.0870. The second-order valence-corrected chi connectivity index (χ2v) is 6.49. The van der Waals surface area contributed by atoms with E-state index in [-0.39, 0.29) is 11.3 Å². The minimum absolute atomic E-state index is 0.0506. The van der Waals surface area contributed by atoms with Crippen LogP contribution in [0, 0.1) is 10.1 Å². The molecule has 162 valence electrons. The molecule has 0 fully saturated rings. The normalized spacial score (nSPS) is 10.2. The predicted octanol–water partition coefficient (Wildman–Crippen LogP) is 4.35. The van der Waals surface area contributed by atoms with E-state index in [2.05, 4.69) is 0 Å². The number of benzene rings is 3. The van der Waals surface area contributed by atoms with Gasteiger partial charge in [-0.2, -0.15) is 0 Å².